The number of piperidine rings is 1. The molecule has 2 saturated heterocycles. The molecule has 1 amide bonds. The van der Waals surface area contributed by atoms with Gasteiger partial charge in [-0.1, -0.05) is 0 Å². The minimum absolute atomic E-state index is 0.332. The summed E-state index contributed by atoms with van der Waals surface area (Å²) < 4.78 is 0. The van der Waals surface area contributed by atoms with Crippen LogP contribution in [0.5, 0.6) is 0 Å². The lowest BCUT2D eigenvalue weighted by atomic mass is 10.00. The molecule has 24 heavy (non-hydrogen) atoms. The van der Waals surface area contributed by atoms with Gasteiger partial charge in [0.1, 0.15) is 0 Å². The lowest BCUT2D eigenvalue weighted by Gasteiger charge is -2.37. The quantitative estimate of drug-likeness (QED) is 0.888. The molecule has 1 N–H and O–H groups in total. The van der Waals surface area contributed by atoms with Crippen LogP contribution in [0.4, 0.5) is 5.82 Å². The zero-order valence-electron chi connectivity index (χ0n) is 14.9. The molecule has 132 valence electrons. The van der Waals surface area contributed by atoms with Crippen LogP contribution in [0.2, 0.25) is 0 Å². The molecular formula is C18H29N5O. The average Bonchev–Trinajstić information content (AvgIpc) is 3.13. The molecule has 2 fully saturated rings. The summed E-state index contributed by atoms with van der Waals surface area (Å²) in [5.74, 6) is 1.94. The molecule has 0 bridgehead atoms. The number of rotatable bonds is 5. The van der Waals surface area contributed by atoms with Crippen molar-refractivity contribution in [3.8, 4) is 0 Å². The zero-order valence-corrected chi connectivity index (χ0v) is 14.9. The van der Waals surface area contributed by atoms with Crippen LogP contribution in [0, 0.1) is 12.8 Å². The Labute approximate surface area is 144 Å². The number of carbonyl (C=O) groups excluding carboxylic acids is 1. The monoisotopic (exact) mass is 331 g/mol. The number of aromatic nitrogens is 2. The molecule has 0 aromatic carbocycles. The van der Waals surface area contributed by atoms with Crippen LogP contribution in [0.3, 0.4) is 0 Å². The predicted octanol–water partition coefficient (Wildman–Crippen LogP) is 1.60. The second-order valence-corrected chi connectivity index (χ2v) is 7.15. The van der Waals surface area contributed by atoms with Crippen molar-refractivity contribution in [1.29, 1.82) is 0 Å². The first kappa shape index (κ1) is 17.1. The van der Waals surface area contributed by atoms with E-state index < -0.39 is 0 Å². The van der Waals surface area contributed by atoms with Crippen LogP contribution in [0.15, 0.2) is 12.1 Å². The average molecular weight is 331 g/mol. The van der Waals surface area contributed by atoms with Gasteiger partial charge in [0.05, 0.1) is 5.69 Å². The molecule has 0 radical (unpaired) electrons. The molecule has 1 unspecified atom stereocenters. The van der Waals surface area contributed by atoms with E-state index in [1.165, 1.54) is 6.42 Å². The Kier molecular flexibility index (Phi) is 5.66. The number of amides is 1. The smallest absolute Gasteiger partial charge is 0.222 e. The maximum absolute atomic E-state index is 12.4. The molecule has 6 heteroatoms. The van der Waals surface area contributed by atoms with Crippen molar-refractivity contribution in [2.75, 3.05) is 38.1 Å². The largest absolute Gasteiger partial charge is 0.355 e. The van der Waals surface area contributed by atoms with Crippen LogP contribution >= 0.6 is 0 Å². The first-order valence-electron chi connectivity index (χ1n) is 9.15. The Morgan fingerprint density at radius 3 is 2.71 bits per heavy atom. The molecule has 3 heterocycles. The van der Waals surface area contributed by atoms with Gasteiger partial charge in [0.2, 0.25) is 5.91 Å². The van der Waals surface area contributed by atoms with E-state index in [0.717, 1.165) is 57.0 Å². The fraction of sp³-hybridized carbons (Fsp3) is 0.722. The third-order valence-corrected chi connectivity index (χ3v) is 5.44. The van der Waals surface area contributed by atoms with E-state index in [4.69, 9.17) is 0 Å². The molecule has 2 aliphatic rings. The summed E-state index contributed by atoms with van der Waals surface area (Å²) in [7, 11) is 2.08. The van der Waals surface area contributed by atoms with E-state index in [0.29, 0.717) is 24.3 Å². The Bertz CT molecular complexity index is 533. The number of hydrogen-bond acceptors (Lipinski definition) is 5. The zero-order chi connectivity index (χ0) is 16.9. The van der Waals surface area contributed by atoms with E-state index in [1.807, 2.05) is 24.0 Å². The van der Waals surface area contributed by atoms with Gasteiger partial charge in [0.25, 0.3) is 0 Å². The maximum atomic E-state index is 12.4. The van der Waals surface area contributed by atoms with E-state index in [9.17, 15) is 4.79 Å². The second-order valence-electron chi connectivity index (χ2n) is 7.15. The standard InChI is InChI=1S/C18H29N5O/c1-14-3-5-17(21-20-14)22(2)16-8-11-23(12-9-16)18(24)6-4-15-7-10-19-13-15/h3,5,15-16,19H,4,6-13H2,1-2H3. The summed E-state index contributed by atoms with van der Waals surface area (Å²) in [5.41, 5.74) is 0.935. The molecule has 1 aromatic heterocycles. The van der Waals surface area contributed by atoms with Gasteiger partial charge in [-0.2, -0.15) is 5.10 Å². The highest BCUT2D eigenvalue weighted by molar-refractivity contribution is 5.76. The highest BCUT2D eigenvalue weighted by atomic mass is 16.2. The normalized spacial score (nSPS) is 21.9. The Balaban J connectivity index is 1.44. The molecule has 1 atom stereocenters. The number of anilines is 1. The molecule has 0 saturated carbocycles. The van der Waals surface area contributed by atoms with Gasteiger partial charge in [0, 0.05) is 32.6 Å². The molecule has 1 aromatic rings. The van der Waals surface area contributed by atoms with Crippen molar-refractivity contribution in [3.05, 3.63) is 17.8 Å². The summed E-state index contributed by atoms with van der Waals surface area (Å²) in [5, 5.41) is 11.8. The van der Waals surface area contributed by atoms with Crippen molar-refractivity contribution in [2.45, 2.75) is 45.1 Å². The second kappa shape index (κ2) is 7.92. The summed E-state index contributed by atoms with van der Waals surface area (Å²) in [6, 6.07) is 4.45. The third-order valence-electron chi connectivity index (χ3n) is 5.44. The van der Waals surface area contributed by atoms with Crippen molar-refractivity contribution < 1.29 is 4.79 Å². The molecular weight excluding hydrogens is 302 g/mol. The molecule has 0 aliphatic carbocycles. The summed E-state index contributed by atoms with van der Waals surface area (Å²) in [6.45, 7) is 5.85. The van der Waals surface area contributed by atoms with Crippen molar-refractivity contribution in [3.63, 3.8) is 0 Å². The summed E-state index contributed by atoms with van der Waals surface area (Å²) in [4.78, 5) is 16.7. The molecule has 6 nitrogen and oxygen atoms in total. The van der Waals surface area contributed by atoms with Crippen LogP contribution in [0.25, 0.3) is 0 Å². The van der Waals surface area contributed by atoms with Crippen LogP contribution in [0.1, 0.15) is 37.8 Å². The SMILES string of the molecule is Cc1ccc(N(C)C2CCN(C(=O)CCC3CCNC3)CC2)nn1. The highest BCUT2D eigenvalue weighted by Crippen LogP contribution is 2.22. The molecule has 0 spiro atoms. The lowest BCUT2D eigenvalue weighted by molar-refractivity contribution is -0.132. The Morgan fingerprint density at radius 2 is 2.08 bits per heavy atom. The Morgan fingerprint density at radius 1 is 1.29 bits per heavy atom. The van der Waals surface area contributed by atoms with Crippen molar-refractivity contribution in [2.24, 2.45) is 5.92 Å². The number of nitrogens with zero attached hydrogens (tertiary/aromatic N) is 4. The minimum atomic E-state index is 0.332. The van der Waals surface area contributed by atoms with E-state index in [-0.39, 0.29) is 0 Å². The maximum Gasteiger partial charge on any atom is 0.222 e. The van der Waals surface area contributed by atoms with Gasteiger partial charge in [-0.25, -0.2) is 0 Å². The highest BCUT2D eigenvalue weighted by Gasteiger charge is 2.26. The van der Waals surface area contributed by atoms with Gasteiger partial charge >= 0.3 is 0 Å². The summed E-state index contributed by atoms with van der Waals surface area (Å²) in [6.07, 6.45) is 4.96. The number of nitrogens with one attached hydrogen (secondary N) is 1. The number of aryl methyl sites for hydroxylation is 1. The third kappa shape index (κ3) is 4.23. The first-order chi connectivity index (χ1) is 11.6. The van der Waals surface area contributed by atoms with E-state index >= 15 is 0 Å². The van der Waals surface area contributed by atoms with Gasteiger partial charge in [-0.3, -0.25) is 4.79 Å². The number of hydrogen-bond donors (Lipinski definition) is 1. The van der Waals surface area contributed by atoms with Crippen LogP contribution < -0.4 is 10.2 Å². The van der Waals surface area contributed by atoms with Crippen molar-refractivity contribution in [1.82, 2.24) is 20.4 Å². The first-order valence-corrected chi connectivity index (χ1v) is 9.15. The van der Waals surface area contributed by atoms with Gasteiger partial charge in [-0.15, -0.1) is 5.10 Å². The summed E-state index contributed by atoms with van der Waals surface area (Å²) >= 11 is 0. The number of likely N-dealkylation sites (tertiary alicyclic amines) is 1. The van der Waals surface area contributed by atoms with E-state index in [2.05, 4.69) is 27.5 Å². The van der Waals surface area contributed by atoms with Gasteiger partial charge < -0.3 is 15.1 Å². The minimum Gasteiger partial charge on any atom is -0.355 e. The fourth-order valence-corrected chi connectivity index (χ4v) is 3.72. The van der Waals surface area contributed by atoms with Crippen molar-refractivity contribution >= 4 is 11.7 Å². The van der Waals surface area contributed by atoms with Crippen LogP contribution in [-0.2, 0) is 4.79 Å². The van der Waals surface area contributed by atoms with Gasteiger partial charge in [-0.05, 0) is 63.7 Å². The predicted molar refractivity (Wildman–Crippen MR) is 95.0 cm³/mol. The molecule has 3 rings (SSSR count). The Hall–Kier alpha value is -1.69. The molecule has 2 aliphatic heterocycles. The van der Waals surface area contributed by atoms with E-state index in [1.54, 1.807) is 0 Å². The topological polar surface area (TPSA) is 61.4 Å². The van der Waals surface area contributed by atoms with Gasteiger partial charge in [0.15, 0.2) is 5.82 Å². The lowest BCUT2D eigenvalue weighted by Crippen LogP contribution is -2.46. The number of carbonyl (C=O) groups is 1. The fourth-order valence-electron chi connectivity index (χ4n) is 3.72. The van der Waals surface area contributed by atoms with Crippen LogP contribution in [-0.4, -0.2) is 60.3 Å².